The predicted octanol–water partition coefficient (Wildman–Crippen LogP) is 3.33. The highest BCUT2D eigenvalue weighted by molar-refractivity contribution is 9.10. The van der Waals surface area contributed by atoms with Gasteiger partial charge in [-0.1, -0.05) is 15.9 Å². The maximum Gasteiger partial charge on any atom is 0.305 e. The number of carbonyl (C=O) groups excluding carboxylic acids is 2. The lowest BCUT2D eigenvalue weighted by molar-refractivity contribution is -0.145. The molecule has 5 nitrogen and oxygen atoms in total. The lowest BCUT2D eigenvalue weighted by atomic mass is 9.83. The van der Waals surface area contributed by atoms with Crippen molar-refractivity contribution in [1.29, 1.82) is 0 Å². The van der Waals surface area contributed by atoms with Crippen LogP contribution in [0, 0.1) is 5.92 Å². The molecule has 1 aromatic heterocycles. The first kappa shape index (κ1) is 15.7. The third kappa shape index (κ3) is 2.53. The summed E-state index contributed by atoms with van der Waals surface area (Å²) in [6, 6.07) is 6.26. The van der Waals surface area contributed by atoms with Gasteiger partial charge in [0.05, 0.1) is 13.2 Å². The number of nitrogens with one attached hydrogen (secondary N) is 1. The molecule has 2 atom stereocenters. The van der Waals surface area contributed by atoms with Crippen LogP contribution in [0.1, 0.15) is 36.6 Å². The van der Waals surface area contributed by atoms with Crippen LogP contribution >= 0.6 is 15.9 Å². The monoisotopic (exact) mass is 390 g/mol. The standard InChI is InChI=1S/C18H19BrN2O3/c1-24-17(23)8-10-6-15-18-12(4-5-21(15)16(22)7-10)13-9-11(19)2-3-14(13)20-18/h2-3,9-10,15,20H,4-8H2,1H3/t10-,15-/m0/s1. The zero-order valence-electron chi connectivity index (χ0n) is 13.5. The number of esters is 1. The van der Waals surface area contributed by atoms with Gasteiger partial charge in [0.25, 0.3) is 0 Å². The molecule has 2 aromatic rings. The second-order valence-corrected chi connectivity index (χ2v) is 7.56. The van der Waals surface area contributed by atoms with Crippen LogP contribution in [0.2, 0.25) is 0 Å². The van der Waals surface area contributed by atoms with E-state index in [9.17, 15) is 9.59 Å². The fraction of sp³-hybridized carbons (Fsp3) is 0.444. The number of ether oxygens (including phenoxy) is 1. The molecule has 6 heteroatoms. The molecule has 1 amide bonds. The smallest absolute Gasteiger partial charge is 0.305 e. The molecular formula is C18H19BrN2O3. The van der Waals surface area contributed by atoms with Crippen LogP contribution in [0.3, 0.4) is 0 Å². The Morgan fingerprint density at radius 1 is 1.46 bits per heavy atom. The van der Waals surface area contributed by atoms with Crippen LogP contribution < -0.4 is 0 Å². The van der Waals surface area contributed by atoms with E-state index in [4.69, 9.17) is 4.74 Å². The Morgan fingerprint density at radius 3 is 3.08 bits per heavy atom. The largest absolute Gasteiger partial charge is 0.469 e. The van der Waals surface area contributed by atoms with Gasteiger partial charge in [0.2, 0.25) is 5.91 Å². The minimum Gasteiger partial charge on any atom is -0.469 e. The molecule has 0 spiro atoms. The Balaban J connectivity index is 1.71. The molecule has 1 N–H and O–H groups in total. The van der Waals surface area contributed by atoms with E-state index in [0.717, 1.165) is 35.1 Å². The van der Waals surface area contributed by atoms with E-state index in [0.29, 0.717) is 12.8 Å². The number of carbonyl (C=O) groups is 2. The number of aromatic amines is 1. The number of rotatable bonds is 2. The first-order valence-electron chi connectivity index (χ1n) is 8.23. The fourth-order valence-electron chi connectivity index (χ4n) is 4.12. The Kier molecular flexibility index (Phi) is 3.87. The van der Waals surface area contributed by atoms with Crippen molar-refractivity contribution in [1.82, 2.24) is 9.88 Å². The molecule has 1 saturated heterocycles. The molecule has 1 aromatic carbocycles. The number of fused-ring (bicyclic) bond motifs is 5. The zero-order chi connectivity index (χ0) is 16.8. The number of hydrogen-bond donors (Lipinski definition) is 1. The van der Waals surface area contributed by atoms with Crippen LogP contribution in [0.15, 0.2) is 22.7 Å². The molecule has 2 aliphatic heterocycles. The molecule has 126 valence electrons. The van der Waals surface area contributed by atoms with E-state index in [1.807, 2.05) is 11.0 Å². The van der Waals surface area contributed by atoms with Crippen molar-refractivity contribution in [2.75, 3.05) is 13.7 Å². The van der Waals surface area contributed by atoms with Gasteiger partial charge in [0.15, 0.2) is 0 Å². The SMILES string of the molecule is COC(=O)C[C@@H]1CC(=O)N2CCc3c([nH]c4ccc(Br)cc34)[C@@H]2C1. The molecule has 24 heavy (non-hydrogen) atoms. The van der Waals surface area contributed by atoms with Crippen molar-refractivity contribution < 1.29 is 14.3 Å². The first-order valence-corrected chi connectivity index (χ1v) is 9.02. The second-order valence-electron chi connectivity index (χ2n) is 6.65. The van der Waals surface area contributed by atoms with Crippen molar-refractivity contribution in [3.05, 3.63) is 33.9 Å². The number of benzene rings is 1. The number of nitrogens with zero attached hydrogens (tertiary/aromatic N) is 1. The molecule has 1 fully saturated rings. The zero-order valence-corrected chi connectivity index (χ0v) is 15.1. The van der Waals surface area contributed by atoms with Crippen LogP contribution in [0.5, 0.6) is 0 Å². The van der Waals surface area contributed by atoms with Gasteiger partial charge in [-0.3, -0.25) is 9.59 Å². The van der Waals surface area contributed by atoms with E-state index in [2.05, 4.69) is 33.0 Å². The van der Waals surface area contributed by atoms with Gasteiger partial charge in [-0.05, 0) is 42.5 Å². The quantitative estimate of drug-likeness (QED) is 0.799. The summed E-state index contributed by atoms with van der Waals surface area (Å²) >= 11 is 3.54. The number of halogens is 1. The molecule has 0 saturated carbocycles. The fourth-order valence-corrected chi connectivity index (χ4v) is 4.48. The van der Waals surface area contributed by atoms with Crippen LogP contribution in [-0.2, 0) is 20.7 Å². The van der Waals surface area contributed by atoms with Crippen molar-refractivity contribution in [3.63, 3.8) is 0 Å². The van der Waals surface area contributed by atoms with E-state index in [-0.39, 0.29) is 23.8 Å². The van der Waals surface area contributed by atoms with Crippen molar-refractivity contribution >= 4 is 38.7 Å². The molecule has 2 aliphatic rings. The normalized spacial score (nSPS) is 23.1. The first-order chi connectivity index (χ1) is 11.6. The molecule has 4 rings (SSSR count). The lowest BCUT2D eigenvalue weighted by Crippen LogP contribution is -2.45. The van der Waals surface area contributed by atoms with Gasteiger partial charge in [-0.15, -0.1) is 0 Å². The van der Waals surface area contributed by atoms with E-state index < -0.39 is 0 Å². The van der Waals surface area contributed by atoms with Gasteiger partial charge in [0.1, 0.15) is 0 Å². The highest BCUT2D eigenvalue weighted by Gasteiger charge is 2.40. The third-order valence-corrected chi connectivity index (χ3v) is 5.73. The number of methoxy groups -OCH3 is 1. The predicted molar refractivity (Wildman–Crippen MR) is 93.5 cm³/mol. The lowest BCUT2D eigenvalue weighted by Gasteiger charge is -2.42. The summed E-state index contributed by atoms with van der Waals surface area (Å²) in [5, 5.41) is 1.22. The van der Waals surface area contributed by atoms with Crippen molar-refractivity contribution in [2.45, 2.75) is 31.7 Å². The van der Waals surface area contributed by atoms with Crippen LogP contribution in [0.25, 0.3) is 10.9 Å². The third-order valence-electron chi connectivity index (χ3n) is 5.24. The van der Waals surface area contributed by atoms with Gasteiger partial charge >= 0.3 is 5.97 Å². The maximum absolute atomic E-state index is 12.5. The summed E-state index contributed by atoms with van der Waals surface area (Å²) in [4.78, 5) is 29.6. The average Bonchev–Trinajstić information content (AvgIpc) is 2.93. The summed E-state index contributed by atoms with van der Waals surface area (Å²) in [7, 11) is 1.40. The molecule has 0 aliphatic carbocycles. The highest BCUT2D eigenvalue weighted by atomic mass is 79.9. The van der Waals surface area contributed by atoms with Crippen LogP contribution in [-0.4, -0.2) is 35.4 Å². The summed E-state index contributed by atoms with van der Waals surface area (Å²) in [5.41, 5.74) is 3.55. The number of aromatic nitrogens is 1. The van der Waals surface area contributed by atoms with Crippen molar-refractivity contribution in [3.8, 4) is 0 Å². The minimum atomic E-state index is -0.238. The second kappa shape index (κ2) is 5.92. The number of H-pyrrole nitrogens is 1. The molecule has 0 bridgehead atoms. The molecule has 3 heterocycles. The Bertz CT molecular complexity index is 829. The van der Waals surface area contributed by atoms with Gasteiger partial charge < -0.3 is 14.6 Å². The highest BCUT2D eigenvalue weighted by Crippen LogP contribution is 2.42. The van der Waals surface area contributed by atoms with E-state index in [1.165, 1.54) is 18.1 Å². The Morgan fingerprint density at radius 2 is 2.29 bits per heavy atom. The minimum absolute atomic E-state index is 0.0378. The summed E-state index contributed by atoms with van der Waals surface area (Å²) in [6.45, 7) is 0.751. The number of piperidine rings is 1. The summed E-state index contributed by atoms with van der Waals surface area (Å²) in [5.74, 6) is -0.0428. The average molecular weight is 391 g/mol. The number of hydrogen-bond acceptors (Lipinski definition) is 3. The van der Waals surface area contributed by atoms with Gasteiger partial charge in [-0.25, -0.2) is 0 Å². The van der Waals surface area contributed by atoms with Gasteiger partial charge in [0, 0.05) is 40.5 Å². The van der Waals surface area contributed by atoms with E-state index >= 15 is 0 Å². The van der Waals surface area contributed by atoms with Crippen molar-refractivity contribution in [2.24, 2.45) is 5.92 Å². The number of amides is 1. The molecular weight excluding hydrogens is 372 g/mol. The van der Waals surface area contributed by atoms with Crippen LogP contribution in [0.4, 0.5) is 0 Å². The summed E-state index contributed by atoms with van der Waals surface area (Å²) < 4.78 is 5.84. The summed E-state index contributed by atoms with van der Waals surface area (Å²) in [6.07, 6.45) is 2.43. The molecule has 0 radical (unpaired) electrons. The maximum atomic E-state index is 12.5. The topological polar surface area (TPSA) is 62.4 Å². The Labute approximate surface area is 148 Å². The van der Waals surface area contributed by atoms with E-state index in [1.54, 1.807) is 0 Å². The molecule has 0 unspecified atom stereocenters. The van der Waals surface area contributed by atoms with Gasteiger partial charge in [-0.2, -0.15) is 0 Å². The Hall–Kier alpha value is -1.82.